The van der Waals surface area contributed by atoms with E-state index in [1.165, 1.54) is 17.8 Å². The molecule has 0 aliphatic carbocycles. The zero-order valence-corrected chi connectivity index (χ0v) is 15.3. The van der Waals surface area contributed by atoms with E-state index in [9.17, 15) is 13.2 Å². The molecule has 0 atom stereocenters. The molecule has 3 rings (SSSR count). The lowest BCUT2D eigenvalue weighted by Gasteiger charge is -2.13. The maximum Gasteiger partial charge on any atom is 0.416 e. The molecule has 0 N–H and O–H groups in total. The van der Waals surface area contributed by atoms with Gasteiger partial charge >= 0.3 is 6.18 Å². The number of alkyl halides is 3. The van der Waals surface area contributed by atoms with E-state index < -0.39 is 11.7 Å². The monoisotopic (exact) mass is 395 g/mol. The lowest BCUT2D eigenvalue weighted by atomic mass is 10.2. The van der Waals surface area contributed by atoms with Gasteiger partial charge in [-0.2, -0.15) is 13.2 Å². The molecule has 0 spiro atoms. The van der Waals surface area contributed by atoms with E-state index >= 15 is 0 Å². The van der Waals surface area contributed by atoms with Gasteiger partial charge in [-0.15, -0.1) is 10.2 Å². The van der Waals surface area contributed by atoms with Gasteiger partial charge in [0.15, 0.2) is 11.0 Å². The van der Waals surface area contributed by atoms with Crippen LogP contribution >= 0.6 is 11.8 Å². The fourth-order valence-corrected chi connectivity index (χ4v) is 2.94. The van der Waals surface area contributed by atoms with E-state index in [1.807, 2.05) is 0 Å². The van der Waals surface area contributed by atoms with Gasteiger partial charge in [-0.3, -0.25) is 4.57 Å². The molecule has 0 saturated carbocycles. The number of ether oxygens (including phenoxy) is 2. The van der Waals surface area contributed by atoms with Crippen molar-refractivity contribution in [1.29, 1.82) is 0 Å². The van der Waals surface area contributed by atoms with Crippen LogP contribution in [0.2, 0.25) is 0 Å². The Balaban J connectivity index is 1.89. The number of hydrogen-bond acceptors (Lipinski definition) is 5. The molecule has 5 nitrogen and oxygen atoms in total. The number of aromatic nitrogens is 3. The molecule has 0 bridgehead atoms. The first-order chi connectivity index (χ1) is 12.9. The lowest BCUT2D eigenvalue weighted by Crippen LogP contribution is -2.09. The molecule has 0 unspecified atom stereocenters. The minimum Gasteiger partial charge on any atom is -0.497 e. The molecular weight excluding hydrogens is 379 g/mol. The second kappa shape index (κ2) is 7.91. The molecule has 142 valence electrons. The Kier molecular flexibility index (Phi) is 5.59. The molecular formula is C18H16F3N3O2S. The fraction of sp³-hybridized carbons (Fsp3) is 0.222. The number of methoxy groups -OCH3 is 1. The zero-order valence-electron chi connectivity index (χ0n) is 14.5. The molecule has 0 radical (unpaired) electrons. The third-order valence-corrected chi connectivity index (χ3v) is 4.37. The van der Waals surface area contributed by atoms with E-state index in [-0.39, 0.29) is 6.61 Å². The van der Waals surface area contributed by atoms with Crippen molar-refractivity contribution in [3.8, 4) is 17.2 Å². The summed E-state index contributed by atoms with van der Waals surface area (Å²) in [6.45, 7) is 0.0517. The van der Waals surface area contributed by atoms with Gasteiger partial charge in [-0.25, -0.2) is 0 Å². The second-order valence-electron chi connectivity index (χ2n) is 5.45. The van der Waals surface area contributed by atoms with Crippen LogP contribution in [-0.2, 0) is 12.8 Å². The summed E-state index contributed by atoms with van der Waals surface area (Å²) < 4.78 is 51.5. The van der Waals surface area contributed by atoms with Crippen LogP contribution in [0.25, 0.3) is 5.69 Å². The van der Waals surface area contributed by atoms with Crippen molar-refractivity contribution >= 4 is 11.8 Å². The summed E-state index contributed by atoms with van der Waals surface area (Å²) in [6, 6.07) is 12.0. The number of nitrogens with zero attached hydrogens (tertiary/aromatic N) is 3. The summed E-state index contributed by atoms with van der Waals surface area (Å²) in [7, 11) is 1.57. The van der Waals surface area contributed by atoms with Crippen molar-refractivity contribution < 1.29 is 22.6 Å². The summed E-state index contributed by atoms with van der Waals surface area (Å²) in [5, 5.41) is 8.58. The third-order valence-electron chi connectivity index (χ3n) is 3.74. The summed E-state index contributed by atoms with van der Waals surface area (Å²) in [6.07, 6.45) is -2.65. The summed E-state index contributed by atoms with van der Waals surface area (Å²) in [4.78, 5) is 0. The van der Waals surface area contributed by atoms with Gasteiger partial charge in [0.25, 0.3) is 0 Å². The molecule has 0 aliphatic heterocycles. The molecule has 2 aromatic carbocycles. The maximum absolute atomic E-state index is 13.0. The SMILES string of the molecule is COc1ccc(OCc2nnc(SC)n2-c2cccc(C(F)(F)F)c2)cc1. The van der Waals surface area contributed by atoms with Crippen LogP contribution in [0.1, 0.15) is 11.4 Å². The molecule has 0 fully saturated rings. The average molecular weight is 395 g/mol. The van der Waals surface area contributed by atoms with Crippen molar-refractivity contribution in [2.24, 2.45) is 0 Å². The number of benzene rings is 2. The standard InChI is InChI=1S/C18H16F3N3O2S/c1-25-14-6-8-15(9-7-14)26-11-16-22-23-17(27-2)24(16)13-5-3-4-12(10-13)18(19,20)21/h3-10H,11H2,1-2H3. The molecule has 0 saturated heterocycles. The Morgan fingerprint density at radius 1 is 1.04 bits per heavy atom. The van der Waals surface area contributed by atoms with Crippen LogP contribution in [0.3, 0.4) is 0 Å². The summed E-state index contributed by atoms with van der Waals surface area (Å²) >= 11 is 1.29. The van der Waals surface area contributed by atoms with Gasteiger partial charge < -0.3 is 9.47 Å². The Labute approximate surface area is 158 Å². The van der Waals surface area contributed by atoms with Crippen LogP contribution in [0, 0.1) is 0 Å². The van der Waals surface area contributed by atoms with Crippen LogP contribution in [0.5, 0.6) is 11.5 Å². The largest absolute Gasteiger partial charge is 0.497 e. The highest BCUT2D eigenvalue weighted by Gasteiger charge is 2.31. The third kappa shape index (κ3) is 4.36. The van der Waals surface area contributed by atoms with Crippen LogP contribution < -0.4 is 9.47 Å². The summed E-state index contributed by atoms with van der Waals surface area (Å²) in [5.74, 6) is 1.67. The van der Waals surface area contributed by atoms with Crippen LogP contribution in [0.15, 0.2) is 53.7 Å². The van der Waals surface area contributed by atoms with Crippen LogP contribution in [-0.4, -0.2) is 28.1 Å². The van der Waals surface area contributed by atoms with Crippen molar-refractivity contribution in [1.82, 2.24) is 14.8 Å². The van der Waals surface area contributed by atoms with Crippen molar-refractivity contribution in [3.63, 3.8) is 0 Å². The molecule has 0 aliphatic rings. The van der Waals surface area contributed by atoms with Gasteiger partial charge in [-0.05, 0) is 48.7 Å². The minimum atomic E-state index is -4.43. The molecule has 1 heterocycles. The molecule has 27 heavy (non-hydrogen) atoms. The molecule has 1 aromatic heterocycles. The molecule has 3 aromatic rings. The lowest BCUT2D eigenvalue weighted by molar-refractivity contribution is -0.137. The number of thioether (sulfide) groups is 1. The Bertz CT molecular complexity index is 911. The van der Waals surface area contributed by atoms with Crippen molar-refractivity contribution in [2.75, 3.05) is 13.4 Å². The smallest absolute Gasteiger partial charge is 0.416 e. The van der Waals surface area contributed by atoms with E-state index in [0.717, 1.165) is 12.1 Å². The number of halogens is 3. The maximum atomic E-state index is 13.0. The van der Waals surface area contributed by atoms with E-state index in [1.54, 1.807) is 48.3 Å². The van der Waals surface area contributed by atoms with Crippen molar-refractivity contribution in [2.45, 2.75) is 17.9 Å². The highest BCUT2D eigenvalue weighted by atomic mass is 32.2. The topological polar surface area (TPSA) is 49.2 Å². The summed E-state index contributed by atoms with van der Waals surface area (Å²) in [5.41, 5.74) is -0.407. The Hall–Kier alpha value is -2.68. The van der Waals surface area contributed by atoms with Gasteiger partial charge in [0, 0.05) is 0 Å². The first-order valence-corrected chi connectivity index (χ1v) is 9.07. The van der Waals surface area contributed by atoms with Gasteiger partial charge in [-0.1, -0.05) is 17.8 Å². The van der Waals surface area contributed by atoms with Gasteiger partial charge in [0.1, 0.15) is 18.1 Å². The van der Waals surface area contributed by atoms with Gasteiger partial charge in [0.2, 0.25) is 0 Å². The highest BCUT2D eigenvalue weighted by Crippen LogP contribution is 2.31. The minimum absolute atomic E-state index is 0.0517. The van der Waals surface area contributed by atoms with Crippen molar-refractivity contribution in [3.05, 3.63) is 59.9 Å². The quantitative estimate of drug-likeness (QED) is 0.571. The van der Waals surface area contributed by atoms with Crippen LogP contribution in [0.4, 0.5) is 13.2 Å². The Morgan fingerprint density at radius 2 is 1.74 bits per heavy atom. The fourth-order valence-electron chi connectivity index (χ4n) is 2.43. The first kappa shape index (κ1) is 19.1. The number of rotatable bonds is 6. The highest BCUT2D eigenvalue weighted by molar-refractivity contribution is 7.98. The van der Waals surface area contributed by atoms with Gasteiger partial charge in [0.05, 0.1) is 18.4 Å². The zero-order chi connectivity index (χ0) is 19.4. The average Bonchev–Trinajstić information content (AvgIpc) is 3.09. The molecule has 9 heteroatoms. The predicted molar refractivity (Wildman–Crippen MR) is 95.5 cm³/mol. The first-order valence-electron chi connectivity index (χ1n) is 7.85. The Morgan fingerprint density at radius 3 is 2.37 bits per heavy atom. The predicted octanol–water partition coefficient (Wildman–Crippen LogP) is 4.60. The van der Waals surface area contributed by atoms with E-state index in [2.05, 4.69) is 10.2 Å². The van der Waals surface area contributed by atoms with E-state index in [4.69, 9.17) is 9.47 Å². The normalized spacial score (nSPS) is 11.4. The molecule has 0 amide bonds. The van der Waals surface area contributed by atoms with E-state index in [0.29, 0.717) is 28.2 Å². The second-order valence-corrected chi connectivity index (χ2v) is 6.22. The number of hydrogen-bond donors (Lipinski definition) is 0.